The molecule has 3 aliphatic heterocycles. The summed E-state index contributed by atoms with van der Waals surface area (Å²) in [6.07, 6.45) is 8.05. The third kappa shape index (κ3) is 8.10. The predicted molar refractivity (Wildman–Crippen MR) is 182 cm³/mol. The fourth-order valence-corrected chi connectivity index (χ4v) is 6.60. The van der Waals surface area contributed by atoms with Gasteiger partial charge in [0, 0.05) is 62.4 Å². The van der Waals surface area contributed by atoms with Crippen LogP contribution >= 0.6 is 0 Å². The van der Waals surface area contributed by atoms with Crippen molar-refractivity contribution in [1.29, 1.82) is 0 Å². The van der Waals surface area contributed by atoms with E-state index in [1.165, 1.54) is 6.08 Å². The van der Waals surface area contributed by atoms with E-state index in [4.69, 9.17) is 4.74 Å². The molecule has 2 amide bonds. The first kappa shape index (κ1) is 32.7. The Morgan fingerprint density at radius 1 is 1.02 bits per heavy atom. The first-order valence-electron chi connectivity index (χ1n) is 16.6. The van der Waals surface area contributed by atoms with Crippen LogP contribution in [0.15, 0.2) is 67.1 Å². The van der Waals surface area contributed by atoms with Gasteiger partial charge in [-0.05, 0) is 60.8 Å². The van der Waals surface area contributed by atoms with Gasteiger partial charge in [-0.15, -0.1) is 0 Å². The highest BCUT2D eigenvalue weighted by Crippen LogP contribution is 2.30. The molecule has 256 valence electrons. The summed E-state index contributed by atoms with van der Waals surface area (Å²) in [6, 6.07) is 13.3. The van der Waals surface area contributed by atoms with Crippen molar-refractivity contribution in [1.82, 2.24) is 35.1 Å². The number of nitrogens with zero attached hydrogens (tertiary/aromatic N) is 6. The Kier molecular flexibility index (Phi) is 9.60. The summed E-state index contributed by atoms with van der Waals surface area (Å²) in [5.74, 6) is -2.24. The second-order valence-electron chi connectivity index (χ2n) is 12.8. The van der Waals surface area contributed by atoms with Crippen LogP contribution in [0.2, 0.25) is 0 Å². The van der Waals surface area contributed by atoms with Crippen molar-refractivity contribution < 1.29 is 23.1 Å². The van der Waals surface area contributed by atoms with E-state index < -0.39 is 5.92 Å². The topological polar surface area (TPSA) is 132 Å². The van der Waals surface area contributed by atoms with Gasteiger partial charge in [0.25, 0.3) is 11.8 Å². The van der Waals surface area contributed by atoms with Crippen molar-refractivity contribution in [3.8, 4) is 11.3 Å². The van der Waals surface area contributed by atoms with Crippen LogP contribution in [-0.2, 0) is 16.1 Å². The van der Waals surface area contributed by atoms with Crippen molar-refractivity contribution >= 4 is 34.4 Å². The first-order chi connectivity index (χ1) is 23.8. The van der Waals surface area contributed by atoms with Crippen LogP contribution in [0, 0.1) is 0 Å². The van der Waals surface area contributed by atoms with Crippen LogP contribution < -0.4 is 15.5 Å². The summed E-state index contributed by atoms with van der Waals surface area (Å²) in [4.78, 5) is 48.3. The van der Waals surface area contributed by atoms with Gasteiger partial charge in [-0.3, -0.25) is 24.4 Å². The number of morpholine rings is 1. The van der Waals surface area contributed by atoms with Crippen molar-refractivity contribution in [2.75, 3.05) is 69.2 Å². The van der Waals surface area contributed by atoms with Gasteiger partial charge in [0.1, 0.15) is 23.5 Å². The lowest BCUT2D eigenvalue weighted by molar-refractivity contribution is -0.126. The highest BCUT2D eigenvalue weighted by Gasteiger charge is 2.42. The van der Waals surface area contributed by atoms with Gasteiger partial charge in [-0.25, -0.2) is 18.7 Å². The van der Waals surface area contributed by atoms with E-state index in [1.807, 2.05) is 30.3 Å². The number of anilines is 2. The fourth-order valence-electron chi connectivity index (χ4n) is 6.60. The molecule has 1 unspecified atom stereocenters. The summed E-state index contributed by atoms with van der Waals surface area (Å²) >= 11 is 0. The largest absolute Gasteiger partial charge is 0.378 e. The summed E-state index contributed by atoms with van der Waals surface area (Å²) in [6.45, 7) is 4.89. The molecule has 6 heterocycles. The molecule has 0 spiro atoms. The Balaban J connectivity index is 0.919. The molecule has 1 aromatic carbocycles. The number of carbonyl (C=O) groups excluding carboxylic acids is 2. The number of hydrogen-bond acceptors (Lipinski definition) is 9. The number of nitrogens with one attached hydrogen (secondary N) is 3. The van der Waals surface area contributed by atoms with Crippen LogP contribution in [0.4, 0.5) is 20.3 Å². The number of aromatic nitrogens is 4. The fraction of sp³-hybridized carbons (Fsp3) is 0.400. The highest BCUT2D eigenvalue weighted by molar-refractivity contribution is 6.03. The van der Waals surface area contributed by atoms with Crippen molar-refractivity contribution in [2.24, 2.45) is 0 Å². The monoisotopic (exact) mass is 671 g/mol. The number of alkyl halides is 2. The normalized spacial score (nSPS) is 20.0. The van der Waals surface area contributed by atoms with Gasteiger partial charge in [0.15, 0.2) is 0 Å². The average molecular weight is 672 g/mol. The van der Waals surface area contributed by atoms with Gasteiger partial charge in [0.2, 0.25) is 5.91 Å². The molecular weight excluding hydrogens is 632 g/mol. The molecule has 14 heteroatoms. The molecule has 3 N–H and O–H groups in total. The molecule has 7 rings (SSSR count). The van der Waals surface area contributed by atoms with E-state index in [2.05, 4.69) is 46.4 Å². The first-order valence-corrected chi connectivity index (χ1v) is 16.6. The Morgan fingerprint density at radius 3 is 2.63 bits per heavy atom. The molecule has 0 aliphatic carbocycles. The number of benzene rings is 1. The van der Waals surface area contributed by atoms with E-state index in [1.54, 1.807) is 29.6 Å². The van der Waals surface area contributed by atoms with E-state index >= 15 is 0 Å². The number of aromatic amines is 1. The van der Waals surface area contributed by atoms with E-state index in [-0.39, 0.29) is 30.9 Å². The Hall–Kier alpha value is -4.79. The SMILES string of the molecule is O=C(C=CCN1CC(F)(F)C1)NC1CCCN(Cc2ccnc(C(=O)Nc3ccc(-c4cc5c(N6CCOCC6)ncnc5[nH]4)cc3)c2)C1. The maximum absolute atomic E-state index is 13.2. The second-order valence-corrected chi connectivity index (χ2v) is 12.8. The molecular formula is C35H39F2N9O3. The Bertz CT molecular complexity index is 1820. The number of rotatable bonds is 10. The number of ether oxygens (including phenoxy) is 1. The van der Waals surface area contributed by atoms with Crippen molar-refractivity contribution in [3.05, 3.63) is 78.4 Å². The summed E-state index contributed by atoms with van der Waals surface area (Å²) in [5.41, 5.74) is 4.55. The van der Waals surface area contributed by atoms with Crippen LogP contribution in [0.3, 0.4) is 0 Å². The second kappa shape index (κ2) is 14.4. The number of amides is 2. The van der Waals surface area contributed by atoms with Gasteiger partial charge < -0.3 is 25.3 Å². The van der Waals surface area contributed by atoms with Crippen LogP contribution in [0.1, 0.15) is 28.9 Å². The summed E-state index contributed by atoms with van der Waals surface area (Å²) < 4.78 is 31.5. The van der Waals surface area contributed by atoms with Gasteiger partial charge in [0.05, 0.1) is 31.7 Å². The van der Waals surface area contributed by atoms with Crippen molar-refractivity contribution in [3.63, 3.8) is 0 Å². The number of likely N-dealkylation sites (tertiary alicyclic amines) is 2. The third-order valence-corrected chi connectivity index (χ3v) is 9.03. The average Bonchev–Trinajstić information content (AvgIpc) is 3.53. The zero-order chi connectivity index (χ0) is 33.8. The summed E-state index contributed by atoms with van der Waals surface area (Å²) in [5, 5.41) is 6.93. The molecule has 12 nitrogen and oxygen atoms in total. The molecule has 3 fully saturated rings. The number of H-pyrrole nitrogens is 1. The van der Waals surface area contributed by atoms with Crippen LogP contribution in [-0.4, -0.2) is 113 Å². The standard InChI is InChI=1S/C35H39F2N9O3/c36-35(37)21-45(22-35)12-2-4-31(47)41-27-3-1-11-44(20-27)19-24-9-10-38-30(17-24)34(48)42-26-7-5-25(6-8-26)29-18-28-32(43-29)39-23-40-33(28)46-13-15-49-16-14-46/h2,4-10,17-18,23,27H,1,3,11-16,19-22H2,(H,41,47)(H,42,48)(H,39,40,43). The van der Waals surface area contributed by atoms with Gasteiger partial charge in [-0.1, -0.05) is 18.2 Å². The minimum absolute atomic E-state index is 0.0177. The summed E-state index contributed by atoms with van der Waals surface area (Å²) in [7, 11) is 0. The molecule has 1 atom stereocenters. The molecule has 3 saturated heterocycles. The molecule has 0 bridgehead atoms. The van der Waals surface area contributed by atoms with Gasteiger partial charge >= 0.3 is 0 Å². The molecule has 49 heavy (non-hydrogen) atoms. The molecule has 0 radical (unpaired) electrons. The quantitative estimate of drug-likeness (QED) is 0.216. The maximum Gasteiger partial charge on any atom is 0.274 e. The lowest BCUT2D eigenvalue weighted by Crippen LogP contribution is -2.55. The number of pyridine rings is 1. The van der Waals surface area contributed by atoms with Gasteiger partial charge in [-0.2, -0.15) is 0 Å². The smallest absolute Gasteiger partial charge is 0.274 e. The van der Waals surface area contributed by atoms with Crippen LogP contribution in [0.25, 0.3) is 22.3 Å². The molecule has 3 aliphatic rings. The number of piperidine rings is 1. The molecule has 4 aromatic rings. The number of fused-ring (bicyclic) bond motifs is 1. The lowest BCUT2D eigenvalue weighted by Gasteiger charge is -2.37. The number of hydrogen-bond donors (Lipinski definition) is 3. The third-order valence-electron chi connectivity index (χ3n) is 9.03. The lowest BCUT2D eigenvalue weighted by atomic mass is 10.0. The minimum atomic E-state index is -2.61. The minimum Gasteiger partial charge on any atom is -0.378 e. The van der Waals surface area contributed by atoms with Crippen molar-refractivity contribution in [2.45, 2.75) is 31.4 Å². The Labute approximate surface area is 282 Å². The number of halogens is 2. The van der Waals surface area contributed by atoms with E-state index in [9.17, 15) is 18.4 Å². The zero-order valence-electron chi connectivity index (χ0n) is 27.1. The molecule has 0 saturated carbocycles. The number of carbonyl (C=O) groups is 2. The van der Waals surface area contributed by atoms with E-state index in [0.717, 1.165) is 66.1 Å². The highest BCUT2D eigenvalue weighted by atomic mass is 19.3. The van der Waals surface area contributed by atoms with E-state index in [0.29, 0.717) is 44.2 Å². The Morgan fingerprint density at radius 2 is 1.84 bits per heavy atom. The predicted octanol–water partition coefficient (Wildman–Crippen LogP) is 3.70. The zero-order valence-corrected chi connectivity index (χ0v) is 27.1. The maximum atomic E-state index is 13.2. The van der Waals surface area contributed by atoms with Crippen LogP contribution in [0.5, 0.6) is 0 Å². The molecule has 3 aromatic heterocycles.